The zero-order valence-electron chi connectivity index (χ0n) is 10.7. The van der Waals surface area contributed by atoms with Crippen LogP contribution in [-0.2, 0) is 0 Å². The van der Waals surface area contributed by atoms with Crippen LogP contribution in [-0.4, -0.2) is 0 Å². The predicted molar refractivity (Wildman–Crippen MR) is 80.7 cm³/mol. The molecule has 0 N–H and O–H groups in total. The molecule has 0 fully saturated rings. The highest BCUT2D eigenvalue weighted by molar-refractivity contribution is 5.85. The summed E-state index contributed by atoms with van der Waals surface area (Å²) in [5.41, 5.74) is 0. The first-order valence-electron chi connectivity index (χ1n) is 6.63. The third-order valence-electron chi connectivity index (χ3n) is 2.75. The third kappa shape index (κ3) is 11.5. The smallest absolute Gasteiger partial charge is 0.0347 e. The van der Waals surface area contributed by atoms with Crippen LogP contribution < -0.4 is 0 Å². The fraction of sp³-hybridized carbons (Fsp3) is 0.500. The van der Waals surface area contributed by atoms with Crippen molar-refractivity contribution in [3.8, 4) is 0 Å². The molecule has 96 valence electrons. The monoisotopic (exact) mass is 252 g/mol. The first-order valence-corrected chi connectivity index (χ1v) is 6.63. The molecule has 1 heteroatoms. The van der Waals surface area contributed by atoms with Gasteiger partial charge in [-0.1, -0.05) is 48.6 Å². The van der Waals surface area contributed by atoms with Crippen molar-refractivity contribution in [3.05, 3.63) is 48.6 Å². The molecule has 0 bridgehead atoms. The van der Waals surface area contributed by atoms with Crippen molar-refractivity contribution in [2.45, 2.75) is 51.4 Å². The normalized spacial score (nSPS) is 18.8. The average molecular weight is 253 g/mol. The van der Waals surface area contributed by atoms with Gasteiger partial charge >= 0.3 is 0 Å². The molecule has 17 heavy (non-hydrogen) atoms. The molecule has 0 amide bonds. The lowest BCUT2D eigenvalue weighted by Gasteiger charge is -1.94. The van der Waals surface area contributed by atoms with Crippen molar-refractivity contribution in [3.63, 3.8) is 0 Å². The molecule has 0 heterocycles. The minimum Gasteiger partial charge on any atom is -0.147 e. The third-order valence-corrected chi connectivity index (χ3v) is 2.75. The van der Waals surface area contributed by atoms with E-state index in [4.69, 9.17) is 0 Å². The van der Waals surface area contributed by atoms with E-state index in [2.05, 4.69) is 48.6 Å². The van der Waals surface area contributed by atoms with Gasteiger partial charge in [0.05, 0.1) is 0 Å². The highest BCUT2D eigenvalue weighted by Crippen LogP contribution is 2.05. The van der Waals surface area contributed by atoms with Crippen LogP contribution in [0.2, 0.25) is 0 Å². The molecule has 0 radical (unpaired) electrons. The van der Waals surface area contributed by atoms with Gasteiger partial charge in [0.1, 0.15) is 0 Å². The van der Waals surface area contributed by atoms with Crippen LogP contribution in [0.25, 0.3) is 0 Å². The summed E-state index contributed by atoms with van der Waals surface area (Å²) in [5.74, 6) is 0. The fourth-order valence-electron chi connectivity index (χ4n) is 1.75. The Kier molecular flexibility index (Phi) is 12.7. The first kappa shape index (κ1) is 16.2. The summed E-state index contributed by atoms with van der Waals surface area (Å²) in [6, 6.07) is 0. The second-order valence-corrected chi connectivity index (χ2v) is 4.28. The summed E-state index contributed by atoms with van der Waals surface area (Å²) in [6.07, 6.45) is 28.0. The van der Waals surface area contributed by atoms with E-state index in [0.29, 0.717) is 0 Å². The highest BCUT2D eigenvalue weighted by atomic mass is 35.5. The Hall–Kier alpha value is -0.750. The molecule has 2 aliphatic carbocycles. The minimum atomic E-state index is 0. The Morgan fingerprint density at radius 3 is 0.882 bits per heavy atom. The molecule has 0 aromatic heterocycles. The van der Waals surface area contributed by atoms with Gasteiger partial charge in [0.2, 0.25) is 0 Å². The largest absolute Gasteiger partial charge is 0.147 e. The van der Waals surface area contributed by atoms with Crippen molar-refractivity contribution in [2.24, 2.45) is 0 Å². The van der Waals surface area contributed by atoms with E-state index in [-0.39, 0.29) is 12.4 Å². The molecule has 0 spiro atoms. The van der Waals surface area contributed by atoms with E-state index < -0.39 is 0 Å². The van der Waals surface area contributed by atoms with E-state index in [9.17, 15) is 0 Å². The summed E-state index contributed by atoms with van der Waals surface area (Å²) in [6.45, 7) is 0. The van der Waals surface area contributed by atoms with E-state index in [1.54, 1.807) is 0 Å². The molecule has 0 aromatic carbocycles. The molecule has 2 aliphatic rings. The Labute approximate surface area is 113 Å². The lowest BCUT2D eigenvalue weighted by Crippen LogP contribution is -1.74. The van der Waals surface area contributed by atoms with Gasteiger partial charge in [-0.15, -0.1) is 12.4 Å². The van der Waals surface area contributed by atoms with Crippen LogP contribution >= 0.6 is 12.4 Å². The topological polar surface area (TPSA) is 0 Å². The van der Waals surface area contributed by atoms with Gasteiger partial charge in [0.25, 0.3) is 0 Å². The maximum Gasteiger partial charge on any atom is -0.0347 e. The van der Waals surface area contributed by atoms with Crippen molar-refractivity contribution in [1.29, 1.82) is 0 Å². The van der Waals surface area contributed by atoms with Gasteiger partial charge in [-0.2, -0.15) is 0 Å². The molecular weight excluding hydrogens is 228 g/mol. The summed E-state index contributed by atoms with van der Waals surface area (Å²) in [7, 11) is 0. The average Bonchev–Trinajstić information content (AvgIpc) is 2.15. The maximum atomic E-state index is 2.23. The van der Waals surface area contributed by atoms with E-state index in [0.717, 1.165) is 0 Å². The predicted octanol–water partition coefficient (Wildman–Crippen LogP) is 5.77. The SMILES string of the molecule is C1=CCCCCC=C1.C1=CCCCCC=C1.Cl. The maximum absolute atomic E-state index is 2.23. The number of allylic oxidation sites excluding steroid dienone is 8. The summed E-state index contributed by atoms with van der Waals surface area (Å²) >= 11 is 0. The summed E-state index contributed by atoms with van der Waals surface area (Å²) in [4.78, 5) is 0. The van der Waals surface area contributed by atoms with Crippen LogP contribution in [0.1, 0.15) is 51.4 Å². The van der Waals surface area contributed by atoms with Crippen molar-refractivity contribution in [1.82, 2.24) is 0 Å². The van der Waals surface area contributed by atoms with Crippen LogP contribution in [0.3, 0.4) is 0 Å². The van der Waals surface area contributed by atoms with Crippen molar-refractivity contribution >= 4 is 12.4 Å². The van der Waals surface area contributed by atoms with Gasteiger partial charge in [0, 0.05) is 0 Å². The first-order chi connectivity index (χ1) is 8.00. The van der Waals surface area contributed by atoms with Crippen LogP contribution in [0.5, 0.6) is 0 Å². The van der Waals surface area contributed by atoms with Gasteiger partial charge in [-0.05, 0) is 51.4 Å². The van der Waals surface area contributed by atoms with E-state index >= 15 is 0 Å². The van der Waals surface area contributed by atoms with Crippen molar-refractivity contribution in [2.75, 3.05) is 0 Å². The molecule has 0 nitrogen and oxygen atoms in total. The lowest BCUT2D eigenvalue weighted by molar-refractivity contribution is 0.758. The van der Waals surface area contributed by atoms with E-state index in [1.807, 2.05) is 0 Å². The molecule has 0 unspecified atom stereocenters. The molecule has 2 rings (SSSR count). The van der Waals surface area contributed by atoms with E-state index in [1.165, 1.54) is 51.4 Å². The molecular formula is C16H25Cl. The summed E-state index contributed by atoms with van der Waals surface area (Å²) < 4.78 is 0. The van der Waals surface area contributed by atoms with Gasteiger partial charge in [-0.25, -0.2) is 0 Å². The Morgan fingerprint density at radius 2 is 0.647 bits per heavy atom. The van der Waals surface area contributed by atoms with Crippen LogP contribution in [0.4, 0.5) is 0 Å². The Morgan fingerprint density at radius 1 is 0.412 bits per heavy atom. The molecule has 0 aliphatic heterocycles. The molecule has 0 atom stereocenters. The zero-order valence-corrected chi connectivity index (χ0v) is 11.5. The standard InChI is InChI=1S/2C8H12.ClH/c2*1-2-4-6-8-7-5-3-1;/h2*1-4H,5-8H2;1H. The lowest BCUT2D eigenvalue weighted by atomic mass is 10.1. The zero-order chi connectivity index (χ0) is 11.3. The molecule has 0 aromatic rings. The van der Waals surface area contributed by atoms with Crippen molar-refractivity contribution < 1.29 is 0 Å². The Balaban J connectivity index is 0.000000284. The highest BCUT2D eigenvalue weighted by Gasteiger charge is 1.85. The fourth-order valence-corrected chi connectivity index (χ4v) is 1.75. The van der Waals surface area contributed by atoms with Crippen LogP contribution in [0.15, 0.2) is 48.6 Å². The second kappa shape index (κ2) is 13.3. The number of hydrogen-bond donors (Lipinski definition) is 0. The minimum absolute atomic E-state index is 0. The number of hydrogen-bond acceptors (Lipinski definition) is 0. The van der Waals surface area contributed by atoms with Crippen LogP contribution in [0, 0.1) is 0 Å². The number of halogens is 1. The van der Waals surface area contributed by atoms with Gasteiger partial charge in [-0.3, -0.25) is 0 Å². The molecule has 0 saturated carbocycles. The second-order valence-electron chi connectivity index (χ2n) is 4.28. The number of rotatable bonds is 0. The summed E-state index contributed by atoms with van der Waals surface area (Å²) in [5, 5.41) is 0. The van der Waals surface area contributed by atoms with Gasteiger partial charge in [0.15, 0.2) is 0 Å². The van der Waals surface area contributed by atoms with Gasteiger partial charge < -0.3 is 0 Å². The Bertz CT molecular complexity index is 203. The molecule has 0 saturated heterocycles. The quantitative estimate of drug-likeness (QED) is 0.514.